The number of benzene rings is 1. The Hall–Kier alpha value is -1.62. The Bertz CT molecular complexity index is 1050. The first-order chi connectivity index (χ1) is 14.4. The highest BCUT2D eigenvalue weighted by molar-refractivity contribution is 14.2. The summed E-state index contributed by atoms with van der Waals surface area (Å²) in [5.41, 5.74) is 7.17. The summed E-state index contributed by atoms with van der Waals surface area (Å²) in [4.78, 5) is 17.6. The van der Waals surface area contributed by atoms with E-state index in [9.17, 15) is 9.18 Å². The lowest BCUT2D eigenvalue weighted by Crippen LogP contribution is -2.41. The largest absolute Gasteiger partial charge is 0.496 e. The predicted octanol–water partition coefficient (Wildman–Crippen LogP) is 3.99. The fourth-order valence-electron chi connectivity index (χ4n) is 3.26. The van der Waals surface area contributed by atoms with Gasteiger partial charge in [-0.2, -0.15) is 0 Å². The van der Waals surface area contributed by atoms with E-state index in [2.05, 4.69) is 32.1 Å². The highest BCUT2D eigenvalue weighted by Crippen LogP contribution is 2.37. The molecule has 0 saturated carbocycles. The van der Waals surface area contributed by atoms with Crippen LogP contribution in [-0.2, 0) is 9.31 Å². The summed E-state index contributed by atoms with van der Waals surface area (Å²) < 4.78 is 26.4. The molecule has 1 aromatic carbocycles. The highest BCUT2D eigenvalue weighted by Gasteiger charge is 2.52. The second-order valence-corrected chi connectivity index (χ2v) is 10.3. The Morgan fingerprint density at radius 2 is 1.94 bits per heavy atom. The number of hydrogen-bond acceptors (Lipinski definition) is 7. The van der Waals surface area contributed by atoms with Crippen molar-refractivity contribution in [2.24, 2.45) is 0 Å². The van der Waals surface area contributed by atoms with Gasteiger partial charge in [-0.25, -0.2) is 4.39 Å². The summed E-state index contributed by atoms with van der Waals surface area (Å²) >= 11 is 2.05. The monoisotopic (exact) mass is 556 g/mol. The average molecular weight is 556 g/mol. The van der Waals surface area contributed by atoms with Gasteiger partial charge in [-0.15, -0.1) is 0 Å². The van der Waals surface area contributed by atoms with Crippen LogP contribution in [0.15, 0.2) is 18.3 Å². The van der Waals surface area contributed by atoms with E-state index in [4.69, 9.17) is 20.5 Å². The molecule has 3 rings (SSSR count). The van der Waals surface area contributed by atoms with Crippen molar-refractivity contribution in [3.63, 3.8) is 0 Å². The Morgan fingerprint density at radius 3 is 2.48 bits per heavy atom. The molecule has 11 heteroatoms. The molecule has 31 heavy (non-hydrogen) atoms. The van der Waals surface area contributed by atoms with Crippen molar-refractivity contribution in [1.29, 1.82) is 5.41 Å². The van der Waals surface area contributed by atoms with Crippen molar-refractivity contribution >= 4 is 64.4 Å². The zero-order valence-electron chi connectivity index (χ0n) is 17.9. The summed E-state index contributed by atoms with van der Waals surface area (Å²) in [5, 5.41) is 10.6. The number of halogens is 2. The summed E-state index contributed by atoms with van der Waals surface area (Å²) in [6.45, 7) is 9.58. The third kappa shape index (κ3) is 4.23. The number of nitrogen functional groups attached to an aromatic ring is 1. The molecule has 0 amide bonds. The molecular weight excluding hydrogens is 532 g/mol. The van der Waals surface area contributed by atoms with Gasteiger partial charge in [-0.3, -0.25) is 9.78 Å². The van der Waals surface area contributed by atoms with Crippen LogP contribution >= 0.6 is 28.4 Å². The van der Waals surface area contributed by atoms with Crippen LogP contribution in [0.4, 0.5) is 15.8 Å². The summed E-state index contributed by atoms with van der Waals surface area (Å²) in [5.74, 6) is -1.02. The summed E-state index contributed by atoms with van der Waals surface area (Å²) in [6, 6.07) is 2.54. The number of anilines is 2. The van der Waals surface area contributed by atoms with E-state index < -0.39 is 29.9 Å². The van der Waals surface area contributed by atoms with Crippen LogP contribution in [-0.4, -0.2) is 35.3 Å². The molecule has 2 heterocycles. The van der Waals surface area contributed by atoms with Gasteiger partial charge in [0.25, 0.3) is 0 Å². The van der Waals surface area contributed by atoms with Crippen LogP contribution in [0.3, 0.4) is 0 Å². The second-order valence-electron chi connectivity index (χ2n) is 8.27. The van der Waals surface area contributed by atoms with Crippen molar-refractivity contribution in [3.05, 3.63) is 46.5 Å². The zero-order chi connectivity index (χ0) is 23.1. The van der Waals surface area contributed by atoms with Gasteiger partial charge in [0.2, 0.25) is 5.78 Å². The number of carbonyl (C=O) groups excluding carboxylic acids is 1. The standard InChI is InChI=1S/C20H24BFIN4O3P/c1-10-13(21-29-19(2,3)20(4,5)30-21)9-26-17(15(10)25)18(28)11-6-7-14(22)16(27-31-23)12(11)8-24/h6-9,24,27,31H,25H2,1-5H3. The summed E-state index contributed by atoms with van der Waals surface area (Å²) in [6.07, 6.45) is 2.66. The third-order valence-corrected chi connectivity index (χ3v) is 7.06. The third-order valence-electron chi connectivity index (χ3n) is 5.90. The van der Waals surface area contributed by atoms with Crippen LogP contribution in [0.1, 0.15) is 54.9 Å². The Labute approximate surface area is 196 Å². The first-order valence-electron chi connectivity index (χ1n) is 9.55. The molecule has 0 spiro atoms. The second kappa shape index (κ2) is 8.73. The minimum atomic E-state index is -0.660. The van der Waals surface area contributed by atoms with Crippen LogP contribution in [0.25, 0.3) is 0 Å². The van der Waals surface area contributed by atoms with Gasteiger partial charge in [-0.05, 0) is 74.4 Å². The molecule has 1 saturated heterocycles. The Morgan fingerprint density at radius 1 is 1.32 bits per heavy atom. The van der Waals surface area contributed by atoms with Crippen LogP contribution in [0.5, 0.6) is 0 Å². The van der Waals surface area contributed by atoms with E-state index in [0.717, 1.165) is 6.21 Å². The topological polar surface area (TPSA) is 110 Å². The molecule has 0 bridgehead atoms. The van der Waals surface area contributed by atoms with E-state index in [1.807, 2.05) is 27.7 Å². The maximum Gasteiger partial charge on any atom is 0.496 e. The van der Waals surface area contributed by atoms with Gasteiger partial charge >= 0.3 is 7.12 Å². The Balaban J connectivity index is 2.03. The number of pyridine rings is 1. The number of rotatable bonds is 6. The number of nitrogens with one attached hydrogen (secondary N) is 2. The van der Waals surface area contributed by atoms with Crippen molar-refractivity contribution in [3.8, 4) is 0 Å². The SMILES string of the molecule is Cc1c(B2OC(C)(C)C(C)(C)O2)cnc(C(=O)c2ccc(F)c(NPI)c2C=N)c1N. The molecule has 1 aliphatic heterocycles. The average Bonchev–Trinajstić information content (AvgIpc) is 2.91. The molecule has 1 aliphatic rings. The number of ketones is 1. The van der Waals surface area contributed by atoms with Gasteiger partial charge in [0, 0.05) is 35.4 Å². The van der Waals surface area contributed by atoms with Crippen LogP contribution in [0.2, 0.25) is 0 Å². The molecule has 4 N–H and O–H groups in total. The molecule has 164 valence electrons. The molecule has 1 fully saturated rings. The van der Waals surface area contributed by atoms with Crippen molar-refractivity contribution < 1.29 is 18.5 Å². The lowest BCUT2D eigenvalue weighted by atomic mass is 9.76. The molecule has 7 nitrogen and oxygen atoms in total. The maximum absolute atomic E-state index is 14.2. The zero-order valence-corrected chi connectivity index (χ0v) is 21.0. The van der Waals surface area contributed by atoms with Crippen molar-refractivity contribution in [2.75, 3.05) is 10.8 Å². The van der Waals surface area contributed by atoms with Gasteiger partial charge in [0.15, 0.2) is 0 Å². The number of aromatic nitrogens is 1. The normalized spacial score (nSPS) is 17.3. The number of hydrogen-bond donors (Lipinski definition) is 3. The summed E-state index contributed by atoms with van der Waals surface area (Å²) in [7, 11) is -0.660. The van der Waals surface area contributed by atoms with E-state index in [1.54, 1.807) is 6.92 Å². The lowest BCUT2D eigenvalue weighted by molar-refractivity contribution is 0.00578. The van der Waals surface area contributed by atoms with E-state index in [1.165, 1.54) is 18.3 Å². The highest BCUT2D eigenvalue weighted by atomic mass is 127. The minimum absolute atomic E-state index is 0.0374. The molecule has 1 atom stereocenters. The van der Waals surface area contributed by atoms with Crippen LogP contribution < -0.4 is 16.3 Å². The molecule has 1 aromatic heterocycles. The first-order valence-corrected chi connectivity index (χ1v) is 13.7. The predicted molar refractivity (Wildman–Crippen MR) is 133 cm³/mol. The quantitative estimate of drug-likeness (QED) is 0.163. The van der Waals surface area contributed by atoms with E-state index >= 15 is 0 Å². The van der Waals surface area contributed by atoms with Gasteiger partial charge in [0.1, 0.15) is 11.5 Å². The fourth-order valence-corrected chi connectivity index (χ4v) is 4.42. The molecular formula is C20H24BFIN4O3P. The molecule has 0 radical (unpaired) electrons. The fraction of sp³-hybridized carbons (Fsp3) is 0.350. The van der Waals surface area contributed by atoms with Crippen molar-refractivity contribution in [2.45, 2.75) is 45.8 Å². The Kier molecular flexibility index (Phi) is 6.77. The van der Waals surface area contributed by atoms with Gasteiger partial charge < -0.3 is 25.5 Å². The van der Waals surface area contributed by atoms with E-state index in [0.29, 0.717) is 11.0 Å². The molecule has 1 unspecified atom stereocenters. The van der Waals surface area contributed by atoms with Crippen LogP contribution in [0, 0.1) is 18.2 Å². The lowest BCUT2D eigenvalue weighted by Gasteiger charge is -2.32. The first kappa shape index (κ1) is 24.0. The maximum atomic E-state index is 14.2. The van der Waals surface area contributed by atoms with E-state index in [-0.39, 0.29) is 34.6 Å². The molecule has 0 aliphatic carbocycles. The van der Waals surface area contributed by atoms with Crippen molar-refractivity contribution in [1.82, 2.24) is 4.98 Å². The molecule has 2 aromatic rings. The number of nitrogens with two attached hydrogens (primary N) is 1. The smallest absolute Gasteiger partial charge is 0.399 e. The minimum Gasteiger partial charge on any atom is -0.399 e. The van der Waals surface area contributed by atoms with Gasteiger partial charge in [-0.1, -0.05) is 0 Å². The van der Waals surface area contributed by atoms with Gasteiger partial charge in [0.05, 0.1) is 22.6 Å². The number of carbonyl (C=O) groups is 1. The number of nitrogens with zero attached hydrogens (tertiary/aromatic N) is 1.